The van der Waals surface area contributed by atoms with Gasteiger partial charge in [-0.3, -0.25) is 0 Å². The lowest BCUT2D eigenvalue weighted by Gasteiger charge is -2.10. The molecule has 1 heterocycles. The third kappa shape index (κ3) is 4.02. The summed E-state index contributed by atoms with van der Waals surface area (Å²) in [5.41, 5.74) is 0. The first-order chi connectivity index (χ1) is 8.24. The van der Waals surface area contributed by atoms with Crippen LogP contribution in [0.4, 0.5) is 0 Å². The van der Waals surface area contributed by atoms with E-state index in [1.165, 1.54) is 0 Å². The monoisotopic (exact) mass is 356 g/mol. The summed E-state index contributed by atoms with van der Waals surface area (Å²) < 4.78 is 26.6. The molecule has 1 aromatic rings. The van der Waals surface area contributed by atoms with Crippen LogP contribution in [-0.4, -0.2) is 51.6 Å². The molecule has 0 spiro atoms. The number of rotatable bonds is 6. The van der Waals surface area contributed by atoms with Crippen molar-refractivity contribution in [1.82, 2.24) is 9.62 Å². The van der Waals surface area contributed by atoms with Crippen molar-refractivity contribution in [3.05, 3.63) is 14.7 Å². The first kappa shape index (κ1) is 15.6. The third-order valence-corrected chi connectivity index (χ3v) is 5.71. The first-order valence-corrected chi connectivity index (χ1v) is 8.00. The molecule has 1 rings (SSSR count). The fourth-order valence-corrected chi connectivity index (χ4v) is 4.54. The van der Waals surface area contributed by atoms with Crippen LogP contribution in [-0.2, 0) is 10.0 Å². The van der Waals surface area contributed by atoms with Crippen LogP contribution >= 0.6 is 27.3 Å². The van der Waals surface area contributed by atoms with Gasteiger partial charge in [0.15, 0.2) is 0 Å². The molecule has 0 radical (unpaired) electrons. The van der Waals surface area contributed by atoms with Crippen molar-refractivity contribution in [3.8, 4) is 0 Å². The number of likely N-dealkylation sites (N-methyl/N-ethyl adjacent to an activating group) is 1. The molecular formula is C9H13BrN2O4S2. The van der Waals surface area contributed by atoms with Crippen LogP contribution in [0.1, 0.15) is 9.67 Å². The van der Waals surface area contributed by atoms with E-state index in [1.54, 1.807) is 0 Å². The fourth-order valence-electron chi connectivity index (χ4n) is 1.12. The molecule has 6 nitrogen and oxygen atoms in total. The summed E-state index contributed by atoms with van der Waals surface area (Å²) in [6, 6.07) is 1.15. The number of nitrogens with zero attached hydrogens (tertiary/aromatic N) is 1. The summed E-state index contributed by atoms with van der Waals surface area (Å²) in [4.78, 5) is 12.5. The molecule has 102 valence electrons. The van der Waals surface area contributed by atoms with Crippen LogP contribution in [0, 0.1) is 0 Å². The van der Waals surface area contributed by atoms with Gasteiger partial charge in [-0.1, -0.05) is 0 Å². The van der Waals surface area contributed by atoms with Gasteiger partial charge in [0.2, 0.25) is 10.0 Å². The van der Waals surface area contributed by atoms with E-state index in [1.807, 2.05) is 19.0 Å². The Morgan fingerprint density at radius 2 is 2.17 bits per heavy atom. The van der Waals surface area contributed by atoms with Gasteiger partial charge < -0.3 is 10.0 Å². The molecule has 0 atom stereocenters. The van der Waals surface area contributed by atoms with Crippen molar-refractivity contribution in [2.45, 2.75) is 4.90 Å². The van der Waals surface area contributed by atoms with Crippen molar-refractivity contribution in [1.29, 1.82) is 0 Å². The maximum Gasteiger partial charge on any atom is 0.345 e. The van der Waals surface area contributed by atoms with Crippen LogP contribution in [0.25, 0.3) is 0 Å². The fraction of sp³-hybridized carbons (Fsp3) is 0.444. The average molecular weight is 357 g/mol. The number of thiophene rings is 1. The summed E-state index contributed by atoms with van der Waals surface area (Å²) in [6.07, 6.45) is 0. The van der Waals surface area contributed by atoms with Gasteiger partial charge in [-0.2, -0.15) is 0 Å². The number of sulfonamides is 1. The Hall–Kier alpha value is -0.480. The van der Waals surface area contributed by atoms with Crippen LogP contribution in [0.2, 0.25) is 0 Å². The summed E-state index contributed by atoms with van der Waals surface area (Å²) >= 11 is 3.94. The molecule has 0 bridgehead atoms. The molecule has 0 aliphatic heterocycles. The molecule has 0 saturated heterocycles. The molecule has 0 aromatic carbocycles. The minimum absolute atomic E-state index is 0.0186. The second kappa shape index (κ2) is 6.11. The van der Waals surface area contributed by atoms with Gasteiger partial charge in [0.05, 0.1) is 3.79 Å². The van der Waals surface area contributed by atoms with Crippen molar-refractivity contribution >= 4 is 43.3 Å². The molecule has 0 aliphatic rings. The molecule has 18 heavy (non-hydrogen) atoms. The summed E-state index contributed by atoms with van der Waals surface area (Å²) in [7, 11) is -0.0144. The molecule has 0 unspecified atom stereocenters. The van der Waals surface area contributed by atoms with Gasteiger partial charge in [0.25, 0.3) is 0 Å². The molecule has 9 heteroatoms. The van der Waals surface area contributed by atoms with E-state index in [9.17, 15) is 13.2 Å². The van der Waals surface area contributed by atoms with Gasteiger partial charge in [-0.15, -0.1) is 11.3 Å². The van der Waals surface area contributed by atoms with E-state index in [0.717, 1.165) is 17.4 Å². The highest BCUT2D eigenvalue weighted by atomic mass is 79.9. The quantitative estimate of drug-likeness (QED) is 0.795. The highest BCUT2D eigenvalue weighted by Crippen LogP contribution is 2.31. The Labute approximate surface area is 118 Å². The molecular weight excluding hydrogens is 344 g/mol. The number of hydrogen-bond donors (Lipinski definition) is 2. The molecule has 2 N–H and O–H groups in total. The van der Waals surface area contributed by atoms with Crippen molar-refractivity contribution in [3.63, 3.8) is 0 Å². The molecule has 0 saturated carbocycles. The molecule has 0 amide bonds. The Balaban J connectivity index is 2.88. The topological polar surface area (TPSA) is 86.7 Å². The van der Waals surface area contributed by atoms with E-state index >= 15 is 0 Å². The lowest BCUT2D eigenvalue weighted by Crippen LogP contribution is -2.31. The van der Waals surface area contributed by atoms with E-state index in [-0.39, 0.29) is 20.1 Å². The van der Waals surface area contributed by atoms with Crippen LogP contribution in [0.15, 0.2) is 14.7 Å². The average Bonchev–Trinajstić information content (AvgIpc) is 2.60. The van der Waals surface area contributed by atoms with Gasteiger partial charge in [0, 0.05) is 13.1 Å². The number of aromatic carboxylic acids is 1. The van der Waals surface area contributed by atoms with Gasteiger partial charge in [-0.25, -0.2) is 17.9 Å². The minimum atomic E-state index is -3.68. The minimum Gasteiger partial charge on any atom is -0.477 e. The SMILES string of the molecule is CN(C)CCNS(=O)(=O)c1cc(C(=O)O)sc1Br. The van der Waals surface area contributed by atoms with E-state index in [0.29, 0.717) is 6.54 Å². The van der Waals surface area contributed by atoms with E-state index < -0.39 is 16.0 Å². The van der Waals surface area contributed by atoms with Crippen LogP contribution < -0.4 is 4.72 Å². The smallest absolute Gasteiger partial charge is 0.345 e. The molecule has 0 aliphatic carbocycles. The second-order valence-corrected chi connectivity index (χ2v) is 7.86. The van der Waals surface area contributed by atoms with Crippen LogP contribution in [0.3, 0.4) is 0 Å². The zero-order valence-electron chi connectivity index (χ0n) is 9.81. The Morgan fingerprint density at radius 1 is 1.56 bits per heavy atom. The number of hydrogen-bond acceptors (Lipinski definition) is 5. The standard InChI is InChI=1S/C9H13BrN2O4S2/c1-12(2)4-3-11-18(15,16)7-5-6(9(13)14)17-8(7)10/h5,11H,3-4H2,1-2H3,(H,13,14). The zero-order valence-corrected chi connectivity index (χ0v) is 13.0. The van der Waals surface area contributed by atoms with Crippen molar-refractivity contribution in [2.24, 2.45) is 0 Å². The molecule has 1 aromatic heterocycles. The van der Waals surface area contributed by atoms with Gasteiger partial charge >= 0.3 is 5.97 Å². The predicted molar refractivity (Wildman–Crippen MR) is 72.7 cm³/mol. The van der Waals surface area contributed by atoms with Gasteiger partial charge in [0.1, 0.15) is 9.77 Å². The zero-order chi connectivity index (χ0) is 13.9. The maximum atomic E-state index is 11.9. The highest BCUT2D eigenvalue weighted by molar-refractivity contribution is 9.11. The predicted octanol–water partition coefficient (Wildman–Crippen LogP) is 1.05. The van der Waals surface area contributed by atoms with E-state index in [4.69, 9.17) is 5.11 Å². The van der Waals surface area contributed by atoms with Crippen LogP contribution in [0.5, 0.6) is 0 Å². The van der Waals surface area contributed by atoms with Crippen molar-refractivity contribution in [2.75, 3.05) is 27.2 Å². The Bertz CT molecular complexity index is 539. The Kier molecular flexibility index (Phi) is 5.29. The summed E-state index contributed by atoms with van der Waals surface area (Å²) in [6.45, 7) is 0.826. The number of carboxylic acids is 1. The third-order valence-electron chi connectivity index (χ3n) is 2.01. The van der Waals surface area contributed by atoms with Crippen molar-refractivity contribution < 1.29 is 18.3 Å². The lowest BCUT2D eigenvalue weighted by molar-refractivity contribution is 0.0702. The largest absolute Gasteiger partial charge is 0.477 e. The number of halogens is 1. The number of carbonyl (C=O) groups is 1. The maximum absolute atomic E-state index is 11.9. The summed E-state index contributed by atoms with van der Waals surface area (Å²) in [5.74, 6) is -1.14. The normalized spacial score (nSPS) is 12.0. The number of carboxylic acid groups (broad SMARTS) is 1. The first-order valence-electron chi connectivity index (χ1n) is 4.91. The number of nitrogens with one attached hydrogen (secondary N) is 1. The highest BCUT2D eigenvalue weighted by Gasteiger charge is 2.22. The molecule has 0 fully saturated rings. The Morgan fingerprint density at radius 3 is 2.61 bits per heavy atom. The summed E-state index contributed by atoms with van der Waals surface area (Å²) in [5, 5.41) is 8.80. The van der Waals surface area contributed by atoms with E-state index in [2.05, 4.69) is 20.7 Å². The lowest BCUT2D eigenvalue weighted by atomic mass is 10.5. The second-order valence-electron chi connectivity index (χ2n) is 3.75. The van der Waals surface area contributed by atoms with Gasteiger partial charge in [-0.05, 0) is 36.1 Å².